The predicted octanol–water partition coefficient (Wildman–Crippen LogP) is 2.60. The Morgan fingerprint density at radius 3 is 2.70 bits per heavy atom. The molecule has 0 aromatic carbocycles. The second-order valence-electron chi connectivity index (χ2n) is 5.51. The molecule has 2 aromatic heterocycles. The molecule has 4 nitrogen and oxygen atoms in total. The van der Waals surface area contributed by atoms with E-state index in [-0.39, 0.29) is 6.04 Å². The molecule has 5 heteroatoms. The number of nitrogens with zero attached hydrogens (tertiary/aromatic N) is 3. The van der Waals surface area contributed by atoms with Gasteiger partial charge in [0.2, 0.25) is 5.95 Å². The Bertz CT molecular complexity index is 532. The topological polar surface area (TPSA) is 55.0 Å². The Kier molecular flexibility index (Phi) is 3.98. The van der Waals surface area contributed by atoms with Crippen molar-refractivity contribution in [3.8, 4) is 0 Å². The van der Waals surface area contributed by atoms with Gasteiger partial charge in [0.05, 0.1) is 6.54 Å². The molecule has 0 radical (unpaired) electrons. The van der Waals surface area contributed by atoms with Crippen molar-refractivity contribution in [2.75, 3.05) is 4.90 Å². The van der Waals surface area contributed by atoms with Crippen molar-refractivity contribution >= 4 is 17.3 Å². The SMILES string of the molecule is CC(N)Cc1cnc(N(Cc2cccs2)C2CC2)nc1. The minimum Gasteiger partial charge on any atom is -0.333 e. The summed E-state index contributed by atoms with van der Waals surface area (Å²) in [7, 11) is 0. The van der Waals surface area contributed by atoms with E-state index in [1.165, 1.54) is 17.7 Å². The van der Waals surface area contributed by atoms with Crippen molar-refractivity contribution in [2.45, 2.75) is 44.8 Å². The van der Waals surface area contributed by atoms with Crippen LogP contribution in [0.15, 0.2) is 29.9 Å². The zero-order chi connectivity index (χ0) is 13.9. The lowest BCUT2D eigenvalue weighted by Crippen LogP contribution is -2.26. The molecule has 106 valence electrons. The molecular weight excluding hydrogens is 268 g/mol. The lowest BCUT2D eigenvalue weighted by Gasteiger charge is -2.21. The molecule has 0 amide bonds. The van der Waals surface area contributed by atoms with Gasteiger partial charge in [-0.2, -0.15) is 0 Å². The fourth-order valence-electron chi connectivity index (χ4n) is 2.29. The van der Waals surface area contributed by atoms with Crippen molar-refractivity contribution in [2.24, 2.45) is 5.73 Å². The Hall–Kier alpha value is -1.46. The van der Waals surface area contributed by atoms with Crippen LogP contribution in [0.3, 0.4) is 0 Å². The van der Waals surface area contributed by atoms with E-state index in [1.807, 2.05) is 19.3 Å². The van der Waals surface area contributed by atoms with Crippen molar-refractivity contribution < 1.29 is 0 Å². The summed E-state index contributed by atoms with van der Waals surface area (Å²) in [5.41, 5.74) is 6.91. The minimum absolute atomic E-state index is 0.148. The highest BCUT2D eigenvalue weighted by molar-refractivity contribution is 7.09. The maximum absolute atomic E-state index is 5.81. The molecule has 1 atom stereocenters. The molecule has 0 saturated heterocycles. The van der Waals surface area contributed by atoms with Crippen LogP contribution >= 0.6 is 11.3 Å². The molecule has 0 aliphatic heterocycles. The fourth-order valence-corrected chi connectivity index (χ4v) is 3.00. The van der Waals surface area contributed by atoms with Gasteiger partial charge in [-0.3, -0.25) is 0 Å². The lowest BCUT2D eigenvalue weighted by molar-refractivity contribution is 0.724. The van der Waals surface area contributed by atoms with Gasteiger partial charge in [0, 0.05) is 29.4 Å². The highest BCUT2D eigenvalue weighted by atomic mass is 32.1. The number of rotatable bonds is 6. The summed E-state index contributed by atoms with van der Waals surface area (Å²) in [6.45, 7) is 2.91. The Balaban J connectivity index is 1.74. The van der Waals surface area contributed by atoms with Crippen LogP contribution in [0.5, 0.6) is 0 Å². The van der Waals surface area contributed by atoms with Crippen LogP contribution in [-0.2, 0) is 13.0 Å². The fraction of sp³-hybridized carbons (Fsp3) is 0.467. The van der Waals surface area contributed by atoms with Crippen LogP contribution in [0.1, 0.15) is 30.2 Å². The van der Waals surface area contributed by atoms with Gasteiger partial charge >= 0.3 is 0 Å². The first-order chi connectivity index (χ1) is 9.72. The van der Waals surface area contributed by atoms with Gasteiger partial charge in [0.25, 0.3) is 0 Å². The molecule has 3 rings (SSSR count). The molecule has 2 heterocycles. The normalized spacial score (nSPS) is 16.1. The average molecular weight is 288 g/mol. The van der Waals surface area contributed by atoms with Gasteiger partial charge in [-0.15, -0.1) is 11.3 Å². The van der Waals surface area contributed by atoms with Crippen molar-refractivity contribution in [3.05, 3.63) is 40.3 Å². The van der Waals surface area contributed by atoms with Crippen LogP contribution in [-0.4, -0.2) is 22.1 Å². The van der Waals surface area contributed by atoms with E-state index in [9.17, 15) is 0 Å². The number of hydrogen-bond donors (Lipinski definition) is 1. The molecule has 1 aliphatic rings. The molecule has 2 aromatic rings. The number of aromatic nitrogens is 2. The summed E-state index contributed by atoms with van der Waals surface area (Å²) in [6.07, 6.45) is 7.15. The molecule has 1 saturated carbocycles. The number of thiophene rings is 1. The van der Waals surface area contributed by atoms with Crippen LogP contribution in [0, 0.1) is 0 Å². The van der Waals surface area contributed by atoms with Crippen molar-refractivity contribution in [1.29, 1.82) is 0 Å². The number of hydrogen-bond acceptors (Lipinski definition) is 5. The smallest absolute Gasteiger partial charge is 0.225 e. The van der Waals surface area contributed by atoms with Gasteiger partial charge in [-0.1, -0.05) is 6.07 Å². The predicted molar refractivity (Wildman–Crippen MR) is 82.9 cm³/mol. The first kappa shape index (κ1) is 13.5. The van der Waals surface area contributed by atoms with E-state index < -0.39 is 0 Å². The van der Waals surface area contributed by atoms with Gasteiger partial charge < -0.3 is 10.6 Å². The molecule has 1 unspecified atom stereocenters. The Labute approximate surface area is 123 Å². The van der Waals surface area contributed by atoms with E-state index >= 15 is 0 Å². The van der Waals surface area contributed by atoms with Gasteiger partial charge in [0.15, 0.2) is 0 Å². The molecule has 1 aliphatic carbocycles. The van der Waals surface area contributed by atoms with Crippen LogP contribution in [0.4, 0.5) is 5.95 Å². The Morgan fingerprint density at radius 2 is 2.15 bits per heavy atom. The summed E-state index contributed by atoms with van der Waals surface area (Å²) in [5.74, 6) is 0.842. The summed E-state index contributed by atoms with van der Waals surface area (Å²) in [5, 5.41) is 2.12. The third kappa shape index (κ3) is 3.35. The van der Waals surface area contributed by atoms with Crippen LogP contribution in [0.25, 0.3) is 0 Å². The van der Waals surface area contributed by atoms with Crippen LogP contribution < -0.4 is 10.6 Å². The molecule has 20 heavy (non-hydrogen) atoms. The first-order valence-electron chi connectivity index (χ1n) is 7.08. The maximum atomic E-state index is 5.81. The van der Waals surface area contributed by atoms with E-state index in [0.29, 0.717) is 6.04 Å². The average Bonchev–Trinajstić information content (AvgIpc) is 3.14. The monoisotopic (exact) mass is 288 g/mol. The molecule has 2 N–H and O–H groups in total. The summed E-state index contributed by atoms with van der Waals surface area (Å²) >= 11 is 1.79. The summed E-state index contributed by atoms with van der Waals surface area (Å²) in [6, 6.07) is 5.02. The number of anilines is 1. The van der Waals surface area contributed by atoms with Gasteiger partial charge in [-0.25, -0.2) is 9.97 Å². The zero-order valence-corrected chi connectivity index (χ0v) is 12.5. The highest BCUT2D eigenvalue weighted by Crippen LogP contribution is 2.31. The minimum atomic E-state index is 0.148. The van der Waals surface area contributed by atoms with Gasteiger partial charge in [0.1, 0.15) is 0 Å². The molecule has 1 fully saturated rings. The molecule has 0 spiro atoms. The largest absolute Gasteiger partial charge is 0.333 e. The quantitative estimate of drug-likeness (QED) is 0.887. The highest BCUT2D eigenvalue weighted by Gasteiger charge is 2.31. The number of nitrogens with two attached hydrogens (primary N) is 1. The van der Waals surface area contributed by atoms with E-state index in [4.69, 9.17) is 5.73 Å². The van der Waals surface area contributed by atoms with Crippen molar-refractivity contribution in [3.63, 3.8) is 0 Å². The van der Waals surface area contributed by atoms with Crippen molar-refractivity contribution in [1.82, 2.24) is 9.97 Å². The zero-order valence-electron chi connectivity index (χ0n) is 11.7. The third-order valence-electron chi connectivity index (χ3n) is 3.40. The van der Waals surface area contributed by atoms with E-state index in [1.54, 1.807) is 11.3 Å². The van der Waals surface area contributed by atoms with Gasteiger partial charge in [-0.05, 0) is 43.2 Å². The Morgan fingerprint density at radius 1 is 1.40 bits per heavy atom. The van der Waals surface area contributed by atoms with E-state index in [0.717, 1.165) is 24.5 Å². The second kappa shape index (κ2) is 5.89. The maximum Gasteiger partial charge on any atom is 0.225 e. The van der Waals surface area contributed by atoms with Crippen LogP contribution in [0.2, 0.25) is 0 Å². The summed E-state index contributed by atoms with van der Waals surface area (Å²) in [4.78, 5) is 12.8. The lowest BCUT2D eigenvalue weighted by atomic mass is 10.1. The summed E-state index contributed by atoms with van der Waals surface area (Å²) < 4.78 is 0. The van der Waals surface area contributed by atoms with E-state index in [2.05, 4.69) is 32.4 Å². The molecule has 0 bridgehead atoms. The molecular formula is C15H20N4S. The second-order valence-corrected chi connectivity index (χ2v) is 6.54. The first-order valence-corrected chi connectivity index (χ1v) is 7.96. The third-order valence-corrected chi connectivity index (χ3v) is 4.26. The standard InChI is InChI=1S/C15H20N4S/c1-11(16)7-12-8-17-15(18-9-12)19(13-4-5-13)10-14-3-2-6-20-14/h2-3,6,8-9,11,13H,4-5,7,10,16H2,1H3.